The molecule has 2 aromatic carbocycles. The van der Waals surface area contributed by atoms with Crippen LogP contribution >= 0.6 is 11.6 Å². The lowest BCUT2D eigenvalue weighted by Gasteiger charge is -2.28. The molecular weight excluding hydrogens is 408 g/mol. The summed E-state index contributed by atoms with van der Waals surface area (Å²) in [6, 6.07) is 15.3. The van der Waals surface area contributed by atoms with E-state index in [-0.39, 0.29) is 4.90 Å². The zero-order chi connectivity index (χ0) is 20.6. The summed E-state index contributed by atoms with van der Waals surface area (Å²) in [5, 5.41) is 4.21. The number of carbonyl (C=O) groups is 1. The molecule has 5 nitrogen and oxygen atoms in total. The Morgan fingerprint density at radius 2 is 1.72 bits per heavy atom. The lowest BCUT2D eigenvalue weighted by Crippen LogP contribution is -2.47. The van der Waals surface area contributed by atoms with Crippen molar-refractivity contribution >= 4 is 43.9 Å². The maximum absolute atomic E-state index is 13.5. The molecule has 1 saturated carbocycles. The average Bonchev–Trinajstić information content (AvgIpc) is 3.21. The van der Waals surface area contributed by atoms with Crippen molar-refractivity contribution in [2.24, 2.45) is 0 Å². The molecule has 0 unspecified atom stereocenters. The van der Waals surface area contributed by atoms with E-state index >= 15 is 0 Å². The quantitative estimate of drug-likeness (QED) is 0.639. The molecule has 0 saturated heterocycles. The summed E-state index contributed by atoms with van der Waals surface area (Å²) in [6.45, 7) is 1.88. The highest BCUT2D eigenvalue weighted by Crippen LogP contribution is 2.42. The fourth-order valence-corrected chi connectivity index (χ4v) is 6.18. The number of benzene rings is 2. The summed E-state index contributed by atoms with van der Waals surface area (Å²) in [6.07, 6.45) is 1.96. The molecule has 0 aliphatic heterocycles. The van der Waals surface area contributed by atoms with Gasteiger partial charge in [0.15, 0.2) is 14.6 Å². The highest BCUT2D eigenvalue weighted by molar-refractivity contribution is 7.93. The van der Waals surface area contributed by atoms with Crippen molar-refractivity contribution in [3.8, 4) is 0 Å². The number of aryl methyl sites for hydroxylation is 1. The van der Waals surface area contributed by atoms with E-state index < -0.39 is 20.5 Å². The van der Waals surface area contributed by atoms with Crippen molar-refractivity contribution in [1.82, 2.24) is 4.98 Å². The molecule has 1 heterocycles. The topological polar surface area (TPSA) is 76.1 Å². The number of para-hydroxylation sites is 1. The fraction of sp³-hybridized carbons (Fsp3) is 0.273. The molecule has 150 valence electrons. The molecule has 0 spiro atoms. The van der Waals surface area contributed by atoms with E-state index in [0.717, 1.165) is 11.1 Å². The Morgan fingerprint density at radius 3 is 2.41 bits per heavy atom. The van der Waals surface area contributed by atoms with Crippen molar-refractivity contribution in [1.29, 1.82) is 0 Å². The Bertz CT molecular complexity index is 1180. The van der Waals surface area contributed by atoms with E-state index in [1.165, 1.54) is 24.3 Å². The number of nitrogens with zero attached hydrogens (tertiary/aromatic N) is 1. The molecule has 1 aliphatic rings. The number of halogens is 1. The van der Waals surface area contributed by atoms with Crippen LogP contribution in [0.2, 0.25) is 5.02 Å². The van der Waals surface area contributed by atoms with Crippen LogP contribution in [0.4, 0.5) is 5.69 Å². The summed E-state index contributed by atoms with van der Waals surface area (Å²) in [7, 11) is -3.89. The lowest BCUT2D eigenvalue weighted by atomic mass is 10.1. The van der Waals surface area contributed by atoms with Gasteiger partial charge < -0.3 is 5.32 Å². The lowest BCUT2D eigenvalue weighted by molar-refractivity contribution is -0.118. The molecule has 0 atom stereocenters. The third-order valence-electron chi connectivity index (χ3n) is 5.57. The van der Waals surface area contributed by atoms with Crippen LogP contribution in [-0.4, -0.2) is 24.1 Å². The summed E-state index contributed by atoms with van der Waals surface area (Å²) < 4.78 is 25.5. The predicted molar refractivity (Wildman–Crippen MR) is 115 cm³/mol. The van der Waals surface area contributed by atoms with Gasteiger partial charge in [-0.1, -0.05) is 42.6 Å². The van der Waals surface area contributed by atoms with Crippen LogP contribution < -0.4 is 5.32 Å². The van der Waals surface area contributed by atoms with Gasteiger partial charge >= 0.3 is 0 Å². The molecule has 7 heteroatoms. The standard InChI is InChI=1S/C22H21ClN2O3S/c1-15-7-8-16-5-4-6-19(20(16)24-15)25-21(26)22(13-2-3-14-22)29(27,28)18-11-9-17(23)10-12-18/h4-12H,2-3,13-14H2,1H3,(H,25,26). The van der Waals surface area contributed by atoms with Crippen molar-refractivity contribution < 1.29 is 13.2 Å². The number of hydrogen-bond donors (Lipinski definition) is 1. The van der Waals surface area contributed by atoms with Crippen molar-refractivity contribution in [2.45, 2.75) is 42.2 Å². The van der Waals surface area contributed by atoms with Gasteiger partial charge in [-0.25, -0.2) is 8.42 Å². The Morgan fingerprint density at radius 1 is 1.03 bits per heavy atom. The Hall–Kier alpha value is -2.44. The molecule has 29 heavy (non-hydrogen) atoms. The molecular formula is C22H21ClN2O3S. The third kappa shape index (κ3) is 3.40. The number of aromatic nitrogens is 1. The van der Waals surface area contributed by atoms with Gasteiger partial charge in [-0.15, -0.1) is 0 Å². The van der Waals surface area contributed by atoms with E-state index in [4.69, 9.17) is 11.6 Å². The van der Waals surface area contributed by atoms with Crippen LogP contribution in [0.25, 0.3) is 10.9 Å². The van der Waals surface area contributed by atoms with E-state index in [0.29, 0.717) is 41.9 Å². The first-order chi connectivity index (χ1) is 13.8. The van der Waals surface area contributed by atoms with E-state index in [1.54, 1.807) is 6.07 Å². The van der Waals surface area contributed by atoms with Gasteiger partial charge in [-0.3, -0.25) is 9.78 Å². The van der Waals surface area contributed by atoms with Gasteiger partial charge in [0, 0.05) is 16.1 Å². The van der Waals surface area contributed by atoms with Gasteiger partial charge in [-0.05, 0) is 56.2 Å². The first-order valence-corrected chi connectivity index (χ1v) is 11.4. The number of anilines is 1. The van der Waals surface area contributed by atoms with Crippen molar-refractivity contribution in [3.05, 3.63) is 65.3 Å². The van der Waals surface area contributed by atoms with Gasteiger partial charge in [0.25, 0.3) is 0 Å². The summed E-state index contributed by atoms with van der Waals surface area (Å²) in [5.41, 5.74) is 2.00. The monoisotopic (exact) mass is 428 g/mol. The number of pyridine rings is 1. The molecule has 0 radical (unpaired) electrons. The van der Waals surface area contributed by atoms with Gasteiger partial charge in [0.2, 0.25) is 5.91 Å². The van der Waals surface area contributed by atoms with Crippen LogP contribution in [0.3, 0.4) is 0 Å². The maximum atomic E-state index is 13.5. The first kappa shape index (κ1) is 19.9. The second-order valence-electron chi connectivity index (χ2n) is 7.44. The Labute approximate surface area is 175 Å². The number of rotatable bonds is 4. The Kier molecular flexibility index (Phi) is 5.09. The van der Waals surface area contributed by atoms with Crippen LogP contribution in [0.15, 0.2) is 59.5 Å². The summed E-state index contributed by atoms with van der Waals surface area (Å²) >= 11 is 5.91. The van der Waals surface area contributed by atoms with Crippen molar-refractivity contribution in [2.75, 3.05) is 5.32 Å². The smallest absolute Gasteiger partial charge is 0.246 e. The third-order valence-corrected chi connectivity index (χ3v) is 8.34. The van der Waals surface area contributed by atoms with Gasteiger partial charge in [0.05, 0.1) is 16.1 Å². The SMILES string of the molecule is Cc1ccc2cccc(NC(=O)C3(S(=O)(=O)c4ccc(Cl)cc4)CCCC3)c2n1. The number of amides is 1. The van der Waals surface area contributed by atoms with Crippen LogP contribution in [-0.2, 0) is 14.6 Å². The highest BCUT2D eigenvalue weighted by atomic mass is 35.5. The highest BCUT2D eigenvalue weighted by Gasteiger charge is 2.53. The first-order valence-electron chi connectivity index (χ1n) is 9.52. The number of sulfone groups is 1. The molecule has 3 aromatic rings. The predicted octanol–water partition coefficient (Wildman–Crippen LogP) is 4.92. The number of fused-ring (bicyclic) bond motifs is 1. The molecule has 1 fully saturated rings. The molecule has 1 aromatic heterocycles. The van der Waals surface area contributed by atoms with E-state index in [2.05, 4.69) is 10.3 Å². The molecule has 4 rings (SSSR count). The number of carbonyl (C=O) groups excluding carboxylic acids is 1. The number of nitrogens with one attached hydrogen (secondary N) is 1. The zero-order valence-corrected chi connectivity index (χ0v) is 17.6. The summed E-state index contributed by atoms with van der Waals surface area (Å²) in [4.78, 5) is 18.1. The van der Waals surface area contributed by atoms with Crippen LogP contribution in [0, 0.1) is 6.92 Å². The van der Waals surface area contributed by atoms with Gasteiger partial charge in [-0.2, -0.15) is 0 Å². The second kappa shape index (κ2) is 7.43. The molecule has 1 amide bonds. The number of hydrogen-bond acceptors (Lipinski definition) is 4. The second-order valence-corrected chi connectivity index (χ2v) is 10.1. The molecule has 0 bridgehead atoms. The zero-order valence-electron chi connectivity index (χ0n) is 16.0. The average molecular weight is 429 g/mol. The minimum atomic E-state index is -3.89. The van der Waals surface area contributed by atoms with E-state index in [1.807, 2.05) is 31.2 Å². The summed E-state index contributed by atoms with van der Waals surface area (Å²) in [5.74, 6) is -0.499. The normalized spacial score (nSPS) is 16.1. The molecule has 1 aliphatic carbocycles. The van der Waals surface area contributed by atoms with Crippen molar-refractivity contribution in [3.63, 3.8) is 0 Å². The van der Waals surface area contributed by atoms with Gasteiger partial charge in [0.1, 0.15) is 0 Å². The maximum Gasteiger partial charge on any atom is 0.246 e. The van der Waals surface area contributed by atoms with Crippen LogP contribution in [0.1, 0.15) is 31.4 Å². The minimum absolute atomic E-state index is 0.117. The Balaban J connectivity index is 1.76. The largest absolute Gasteiger partial charge is 0.323 e. The minimum Gasteiger partial charge on any atom is -0.323 e. The molecule has 1 N–H and O–H groups in total. The van der Waals surface area contributed by atoms with Crippen LogP contribution in [0.5, 0.6) is 0 Å². The fourth-order valence-electron chi connectivity index (χ4n) is 3.99. The van der Waals surface area contributed by atoms with E-state index in [9.17, 15) is 13.2 Å².